The van der Waals surface area contributed by atoms with Gasteiger partial charge in [0.1, 0.15) is 11.6 Å². The zero-order valence-electron chi connectivity index (χ0n) is 14.3. The van der Waals surface area contributed by atoms with E-state index in [1.54, 1.807) is 0 Å². The summed E-state index contributed by atoms with van der Waals surface area (Å²) in [4.78, 5) is 11.4. The average Bonchev–Trinajstić information content (AvgIpc) is 3.07. The first kappa shape index (κ1) is 15.7. The predicted octanol–water partition coefficient (Wildman–Crippen LogP) is 3.03. The van der Waals surface area contributed by atoms with Crippen molar-refractivity contribution in [3.05, 3.63) is 53.9 Å². The number of ether oxygens (including phenoxy) is 2. The van der Waals surface area contributed by atoms with Crippen LogP contribution < -0.4 is 14.8 Å². The second-order valence-electron chi connectivity index (χ2n) is 6.28. The van der Waals surface area contributed by atoms with Crippen LogP contribution in [-0.4, -0.2) is 35.8 Å². The molecule has 1 aliphatic rings. The molecule has 2 heterocycles. The minimum Gasteiger partial charge on any atom is -0.454 e. The summed E-state index contributed by atoms with van der Waals surface area (Å²) in [5.74, 6) is 3.24. The van der Waals surface area contributed by atoms with Gasteiger partial charge in [0, 0.05) is 11.9 Å². The first-order valence-corrected chi connectivity index (χ1v) is 8.22. The van der Waals surface area contributed by atoms with Gasteiger partial charge in [0.05, 0.1) is 12.1 Å². The highest BCUT2D eigenvalue weighted by atomic mass is 16.7. The van der Waals surface area contributed by atoms with E-state index in [0.29, 0.717) is 13.1 Å². The van der Waals surface area contributed by atoms with Crippen molar-refractivity contribution in [3.63, 3.8) is 0 Å². The lowest BCUT2D eigenvalue weighted by Gasteiger charge is -2.13. The van der Waals surface area contributed by atoms with Crippen LogP contribution in [-0.2, 0) is 13.1 Å². The highest BCUT2D eigenvalue weighted by molar-refractivity contribution is 5.88. The van der Waals surface area contributed by atoms with Gasteiger partial charge in [-0.1, -0.05) is 18.2 Å². The van der Waals surface area contributed by atoms with Crippen molar-refractivity contribution < 1.29 is 9.47 Å². The lowest BCUT2D eigenvalue weighted by molar-refractivity contribution is 0.174. The summed E-state index contributed by atoms with van der Waals surface area (Å²) in [6, 6.07) is 14.0. The van der Waals surface area contributed by atoms with Crippen molar-refractivity contribution in [2.24, 2.45) is 0 Å². The number of nitrogens with one attached hydrogen (secondary N) is 1. The molecule has 0 aliphatic carbocycles. The third kappa shape index (κ3) is 3.34. The molecule has 6 nitrogen and oxygen atoms in total. The third-order valence-corrected chi connectivity index (χ3v) is 4.00. The molecule has 0 radical (unpaired) electrons. The number of para-hydroxylation sites is 1. The number of nitrogens with zero attached hydrogens (tertiary/aromatic N) is 3. The molecule has 0 saturated heterocycles. The normalized spacial score (nSPS) is 12.8. The Hall–Kier alpha value is -2.86. The maximum absolute atomic E-state index is 5.44. The van der Waals surface area contributed by atoms with E-state index in [4.69, 9.17) is 14.5 Å². The largest absolute Gasteiger partial charge is 0.454 e. The van der Waals surface area contributed by atoms with Crippen molar-refractivity contribution in [1.29, 1.82) is 0 Å². The van der Waals surface area contributed by atoms with E-state index in [1.165, 1.54) is 0 Å². The van der Waals surface area contributed by atoms with E-state index < -0.39 is 0 Å². The van der Waals surface area contributed by atoms with Gasteiger partial charge in [0.25, 0.3) is 0 Å². The van der Waals surface area contributed by atoms with Crippen molar-refractivity contribution in [2.45, 2.75) is 13.1 Å². The van der Waals surface area contributed by atoms with Gasteiger partial charge >= 0.3 is 0 Å². The van der Waals surface area contributed by atoms with Crippen LogP contribution in [0.5, 0.6) is 11.5 Å². The standard InChI is InChI=1S/C19H20N4O2/c1-23(2)11-18-21-15-6-4-3-5-14(15)19(22-18)20-10-13-7-8-16-17(9-13)25-12-24-16/h3-9H,10-12H2,1-2H3,(H,20,21,22). The fraction of sp³-hybridized carbons (Fsp3) is 0.263. The first-order chi connectivity index (χ1) is 12.2. The number of benzene rings is 2. The second kappa shape index (κ2) is 6.57. The molecular formula is C19H20N4O2. The van der Waals surface area contributed by atoms with Crippen molar-refractivity contribution in [3.8, 4) is 11.5 Å². The van der Waals surface area contributed by atoms with Crippen molar-refractivity contribution in [1.82, 2.24) is 14.9 Å². The Morgan fingerprint density at radius 1 is 1.04 bits per heavy atom. The highest BCUT2D eigenvalue weighted by Crippen LogP contribution is 2.32. The molecule has 0 spiro atoms. The minimum atomic E-state index is 0.288. The molecule has 128 valence electrons. The van der Waals surface area contributed by atoms with Crippen LogP contribution in [0.2, 0.25) is 0 Å². The van der Waals surface area contributed by atoms with Gasteiger partial charge in [0.15, 0.2) is 11.5 Å². The highest BCUT2D eigenvalue weighted by Gasteiger charge is 2.13. The summed E-state index contributed by atoms with van der Waals surface area (Å²) in [7, 11) is 4.02. The molecule has 0 bridgehead atoms. The lowest BCUT2D eigenvalue weighted by atomic mass is 10.2. The topological polar surface area (TPSA) is 59.5 Å². The van der Waals surface area contributed by atoms with Gasteiger partial charge in [0.2, 0.25) is 6.79 Å². The molecule has 25 heavy (non-hydrogen) atoms. The van der Waals surface area contributed by atoms with E-state index in [0.717, 1.165) is 39.6 Å². The van der Waals surface area contributed by atoms with E-state index >= 15 is 0 Å². The predicted molar refractivity (Wildman–Crippen MR) is 96.8 cm³/mol. The monoisotopic (exact) mass is 336 g/mol. The van der Waals surface area contributed by atoms with Crippen LogP contribution in [0.4, 0.5) is 5.82 Å². The van der Waals surface area contributed by atoms with E-state index in [1.807, 2.05) is 56.6 Å². The summed E-state index contributed by atoms with van der Waals surface area (Å²) in [6.45, 7) is 1.64. The van der Waals surface area contributed by atoms with Gasteiger partial charge in [-0.3, -0.25) is 0 Å². The number of anilines is 1. The van der Waals surface area contributed by atoms with Gasteiger partial charge in [-0.2, -0.15) is 0 Å². The molecule has 3 aromatic rings. The van der Waals surface area contributed by atoms with Gasteiger partial charge in [-0.25, -0.2) is 9.97 Å². The Labute approximate surface area is 146 Å². The van der Waals surface area contributed by atoms with Gasteiger partial charge < -0.3 is 19.7 Å². The van der Waals surface area contributed by atoms with Gasteiger partial charge in [-0.05, 0) is 43.9 Å². The van der Waals surface area contributed by atoms with Crippen LogP contribution in [0, 0.1) is 0 Å². The Balaban J connectivity index is 1.61. The molecule has 0 atom stereocenters. The molecule has 0 fully saturated rings. The zero-order valence-corrected chi connectivity index (χ0v) is 14.3. The van der Waals surface area contributed by atoms with Crippen LogP contribution in [0.25, 0.3) is 10.9 Å². The molecule has 6 heteroatoms. The SMILES string of the molecule is CN(C)Cc1nc(NCc2ccc3c(c2)OCO3)c2ccccc2n1. The number of hydrogen-bond donors (Lipinski definition) is 1. The quantitative estimate of drug-likeness (QED) is 0.773. The van der Waals surface area contributed by atoms with Gasteiger partial charge in [-0.15, -0.1) is 0 Å². The fourth-order valence-corrected chi connectivity index (χ4v) is 2.85. The summed E-state index contributed by atoms with van der Waals surface area (Å²) >= 11 is 0. The molecule has 0 saturated carbocycles. The summed E-state index contributed by atoms with van der Waals surface area (Å²) in [6.07, 6.45) is 0. The zero-order chi connectivity index (χ0) is 17.2. The number of rotatable bonds is 5. The Morgan fingerprint density at radius 2 is 1.88 bits per heavy atom. The maximum Gasteiger partial charge on any atom is 0.231 e. The van der Waals surface area contributed by atoms with Crippen LogP contribution >= 0.6 is 0 Å². The molecule has 2 aromatic carbocycles. The van der Waals surface area contributed by atoms with Crippen LogP contribution in [0.3, 0.4) is 0 Å². The number of hydrogen-bond acceptors (Lipinski definition) is 6. The molecule has 1 aromatic heterocycles. The van der Waals surface area contributed by atoms with E-state index in [-0.39, 0.29) is 6.79 Å². The molecular weight excluding hydrogens is 316 g/mol. The molecule has 4 rings (SSSR count). The van der Waals surface area contributed by atoms with E-state index in [9.17, 15) is 0 Å². The number of aromatic nitrogens is 2. The van der Waals surface area contributed by atoms with Crippen molar-refractivity contribution in [2.75, 3.05) is 26.2 Å². The smallest absolute Gasteiger partial charge is 0.231 e. The minimum absolute atomic E-state index is 0.288. The molecule has 1 aliphatic heterocycles. The fourth-order valence-electron chi connectivity index (χ4n) is 2.85. The number of fused-ring (bicyclic) bond motifs is 2. The summed E-state index contributed by atoms with van der Waals surface area (Å²) in [5, 5.41) is 4.46. The lowest BCUT2D eigenvalue weighted by Crippen LogP contribution is -2.14. The van der Waals surface area contributed by atoms with Crippen LogP contribution in [0.15, 0.2) is 42.5 Å². The van der Waals surface area contributed by atoms with Crippen molar-refractivity contribution >= 4 is 16.7 Å². The first-order valence-electron chi connectivity index (χ1n) is 8.22. The Kier molecular flexibility index (Phi) is 4.11. The summed E-state index contributed by atoms with van der Waals surface area (Å²) in [5.41, 5.74) is 2.06. The molecule has 0 amide bonds. The molecule has 1 N–H and O–H groups in total. The van der Waals surface area contributed by atoms with Crippen LogP contribution in [0.1, 0.15) is 11.4 Å². The van der Waals surface area contributed by atoms with E-state index in [2.05, 4.69) is 15.2 Å². The third-order valence-electron chi connectivity index (χ3n) is 4.00. The molecule has 0 unspecified atom stereocenters. The average molecular weight is 336 g/mol. The second-order valence-corrected chi connectivity index (χ2v) is 6.28. The maximum atomic E-state index is 5.44. The summed E-state index contributed by atoms with van der Waals surface area (Å²) < 4.78 is 10.8. The Bertz CT molecular complexity index is 911. The Morgan fingerprint density at radius 3 is 2.76 bits per heavy atom.